The fourth-order valence-electron chi connectivity index (χ4n) is 4.80. The number of halogens is 1. The number of nitrogens with zero attached hydrogens (tertiary/aromatic N) is 2. The Balaban J connectivity index is 1.76. The summed E-state index contributed by atoms with van der Waals surface area (Å²) < 4.78 is 19.6. The number of amides is 1. The molecule has 0 aromatic heterocycles. The van der Waals surface area contributed by atoms with E-state index in [1.165, 1.54) is 12.1 Å². The van der Waals surface area contributed by atoms with Crippen molar-refractivity contribution in [1.29, 1.82) is 0 Å². The second-order valence-corrected chi connectivity index (χ2v) is 12.2. The van der Waals surface area contributed by atoms with E-state index < -0.39 is 0 Å². The second-order valence-electron chi connectivity index (χ2n) is 12.2. The van der Waals surface area contributed by atoms with Gasteiger partial charge in [0.25, 0.3) is 5.91 Å². The fourth-order valence-corrected chi connectivity index (χ4v) is 4.80. The molecule has 6 heteroatoms. The van der Waals surface area contributed by atoms with Crippen LogP contribution in [0.4, 0.5) is 4.39 Å². The Bertz CT molecular complexity index is 1050. The number of benzene rings is 2. The zero-order valence-electron chi connectivity index (χ0n) is 23.0. The maximum Gasteiger partial charge on any atom is 0.260 e. The molecule has 2 atom stereocenters. The lowest BCUT2D eigenvalue weighted by Gasteiger charge is -2.44. The lowest BCUT2D eigenvalue weighted by molar-refractivity contribution is -0.139. The average molecular weight is 497 g/mol. The van der Waals surface area contributed by atoms with E-state index in [0.29, 0.717) is 17.9 Å². The molecular weight excluding hydrogens is 455 g/mol. The number of carbonyl (C=O) groups is 2. The van der Waals surface area contributed by atoms with Crippen LogP contribution in [0.15, 0.2) is 36.4 Å². The van der Waals surface area contributed by atoms with Crippen molar-refractivity contribution in [2.24, 2.45) is 0 Å². The quantitative estimate of drug-likeness (QED) is 0.479. The molecule has 0 saturated carbocycles. The van der Waals surface area contributed by atoms with E-state index >= 15 is 0 Å². The topological polar surface area (TPSA) is 49.9 Å². The summed E-state index contributed by atoms with van der Waals surface area (Å²) in [5.74, 6) is 0.417. The normalized spacial score (nSPS) is 19.3. The van der Waals surface area contributed by atoms with Gasteiger partial charge in [0, 0.05) is 48.4 Å². The van der Waals surface area contributed by atoms with E-state index in [9.17, 15) is 14.0 Å². The summed E-state index contributed by atoms with van der Waals surface area (Å²) in [6, 6.07) is 10.5. The van der Waals surface area contributed by atoms with Crippen LogP contribution >= 0.6 is 0 Å². The van der Waals surface area contributed by atoms with Gasteiger partial charge in [-0.05, 0) is 54.5 Å². The molecule has 0 aliphatic carbocycles. The Hall–Kier alpha value is -2.73. The van der Waals surface area contributed by atoms with Gasteiger partial charge in [-0.3, -0.25) is 14.5 Å². The van der Waals surface area contributed by atoms with Gasteiger partial charge < -0.3 is 9.64 Å². The van der Waals surface area contributed by atoms with Crippen LogP contribution in [-0.4, -0.2) is 53.8 Å². The van der Waals surface area contributed by atoms with Crippen molar-refractivity contribution in [3.8, 4) is 5.75 Å². The molecule has 0 spiro atoms. The highest BCUT2D eigenvalue weighted by Gasteiger charge is 2.33. The Morgan fingerprint density at radius 3 is 2.03 bits per heavy atom. The number of aldehydes is 1. The first-order valence-corrected chi connectivity index (χ1v) is 12.8. The smallest absolute Gasteiger partial charge is 0.260 e. The van der Waals surface area contributed by atoms with E-state index in [2.05, 4.69) is 60.3 Å². The van der Waals surface area contributed by atoms with Crippen LogP contribution < -0.4 is 4.74 Å². The van der Waals surface area contributed by atoms with Crippen LogP contribution in [0.25, 0.3) is 0 Å². The molecule has 1 amide bonds. The number of hydrogen-bond donors (Lipinski definition) is 0. The number of piperazine rings is 1. The summed E-state index contributed by atoms with van der Waals surface area (Å²) in [5, 5.41) is 0. The molecule has 0 radical (unpaired) electrons. The first kappa shape index (κ1) is 27.9. The lowest BCUT2D eigenvalue weighted by Crippen LogP contribution is -2.58. The maximum absolute atomic E-state index is 13.4. The maximum atomic E-state index is 13.4. The predicted octanol–water partition coefficient (Wildman–Crippen LogP) is 5.73. The van der Waals surface area contributed by atoms with Crippen LogP contribution in [0.2, 0.25) is 0 Å². The van der Waals surface area contributed by atoms with Gasteiger partial charge in [-0.1, -0.05) is 53.7 Å². The van der Waals surface area contributed by atoms with Crippen molar-refractivity contribution in [2.45, 2.75) is 84.8 Å². The summed E-state index contributed by atoms with van der Waals surface area (Å²) in [6.07, 6.45) is 0.869. The molecular formula is C30H41FN2O3. The molecule has 2 aromatic carbocycles. The molecule has 1 aliphatic heterocycles. The van der Waals surface area contributed by atoms with Gasteiger partial charge >= 0.3 is 0 Å². The van der Waals surface area contributed by atoms with Crippen LogP contribution in [0.5, 0.6) is 5.75 Å². The van der Waals surface area contributed by atoms with Gasteiger partial charge in [0.1, 0.15) is 17.9 Å². The Morgan fingerprint density at radius 1 is 0.972 bits per heavy atom. The summed E-state index contributed by atoms with van der Waals surface area (Å²) in [7, 11) is 0. The van der Waals surface area contributed by atoms with E-state index in [1.807, 2.05) is 29.2 Å². The summed E-state index contributed by atoms with van der Waals surface area (Å²) in [5.41, 5.74) is 3.01. The molecule has 5 nitrogen and oxygen atoms in total. The molecule has 1 fully saturated rings. The molecule has 196 valence electrons. The van der Waals surface area contributed by atoms with Gasteiger partial charge in [0.05, 0.1) is 0 Å². The Kier molecular flexibility index (Phi) is 8.29. The molecule has 0 bridgehead atoms. The Labute approximate surface area is 215 Å². The number of ether oxygens (including phenoxy) is 1. The zero-order chi connectivity index (χ0) is 26.8. The van der Waals surface area contributed by atoms with Crippen molar-refractivity contribution in [1.82, 2.24) is 9.80 Å². The summed E-state index contributed by atoms with van der Waals surface area (Å²) >= 11 is 0. The third-order valence-corrected chi connectivity index (χ3v) is 6.94. The molecule has 2 unspecified atom stereocenters. The molecule has 1 saturated heterocycles. The van der Waals surface area contributed by atoms with Crippen LogP contribution in [0.1, 0.15) is 82.4 Å². The fraction of sp³-hybridized carbons (Fsp3) is 0.533. The highest BCUT2D eigenvalue weighted by Crippen LogP contribution is 2.40. The summed E-state index contributed by atoms with van der Waals surface area (Å²) in [4.78, 5) is 29.2. The Morgan fingerprint density at radius 2 is 1.53 bits per heavy atom. The minimum atomic E-state index is -0.259. The van der Waals surface area contributed by atoms with E-state index in [-0.39, 0.29) is 41.2 Å². The van der Waals surface area contributed by atoms with Crippen molar-refractivity contribution in [3.05, 3.63) is 64.5 Å². The largest absolute Gasteiger partial charge is 0.483 e. The third-order valence-electron chi connectivity index (χ3n) is 6.94. The lowest BCUT2D eigenvalue weighted by atomic mass is 9.78. The van der Waals surface area contributed by atoms with E-state index in [4.69, 9.17) is 4.74 Å². The van der Waals surface area contributed by atoms with Gasteiger partial charge in [-0.25, -0.2) is 4.39 Å². The molecule has 1 heterocycles. The molecule has 2 aromatic rings. The highest BCUT2D eigenvalue weighted by molar-refractivity contribution is 5.79. The van der Waals surface area contributed by atoms with Crippen LogP contribution in [-0.2, 0) is 22.2 Å². The SMILES string of the molecule is CC1CN(C(=O)COc2c(C(C)(C)C)cc(C=O)cc2C(C)(C)C)C(C)CN1Cc1ccc(F)cc1. The number of rotatable bonds is 6. The van der Waals surface area contributed by atoms with Gasteiger partial charge in [0.2, 0.25) is 0 Å². The molecule has 0 N–H and O–H groups in total. The molecule has 3 rings (SSSR count). The van der Waals surface area contributed by atoms with Crippen LogP contribution in [0, 0.1) is 5.82 Å². The van der Waals surface area contributed by atoms with Gasteiger partial charge in [0.15, 0.2) is 6.61 Å². The van der Waals surface area contributed by atoms with E-state index in [0.717, 1.165) is 36.1 Å². The van der Waals surface area contributed by atoms with E-state index in [1.54, 1.807) is 0 Å². The predicted molar refractivity (Wildman–Crippen MR) is 142 cm³/mol. The first-order valence-electron chi connectivity index (χ1n) is 12.8. The molecule has 1 aliphatic rings. The monoisotopic (exact) mass is 496 g/mol. The standard InChI is InChI=1S/C30H41FN2O3/c1-20-16-33(21(2)15-32(20)17-22-9-11-24(31)12-10-22)27(35)19-36-28-25(29(3,4)5)13-23(18-34)14-26(28)30(6,7)8/h9-14,18,20-21H,15-17,19H2,1-8H3. The van der Waals surface area contributed by atoms with Gasteiger partial charge in [-0.2, -0.15) is 0 Å². The van der Waals surface area contributed by atoms with Crippen molar-refractivity contribution < 1.29 is 18.7 Å². The van der Waals surface area contributed by atoms with Crippen molar-refractivity contribution in [2.75, 3.05) is 19.7 Å². The first-order chi connectivity index (χ1) is 16.7. The number of hydrogen-bond acceptors (Lipinski definition) is 4. The minimum Gasteiger partial charge on any atom is -0.483 e. The highest BCUT2D eigenvalue weighted by atomic mass is 19.1. The van der Waals surface area contributed by atoms with Crippen molar-refractivity contribution >= 4 is 12.2 Å². The number of carbonyl (C=O) groups excluding carboxylic acids is 2. The zero-order valence-corrected chi connectivity index (χ0v) is 23.0. The second kappa shape index (κ2) is 10.7. The third kappa shape index (κ3) is 6.52. The van der Waals surface area contributed by atoms with Crippen LogP contribution in [0.3, 0.4) is 0 Å². The van der Waals surface area contributed by atoms with Gasteiger partial charge in [-0.15, -0.1) is 0 Å². The van der Waals surface area contributed by atoms with Crippen molar-refractivity contribution in [3.63, 3.8) is 0 Å². The molecule has 36 heavy (non-hydrogen) atoms. The summed E-state index contributed by atoms with van der Waals surface area (Å²) in [6.45, 7) is 18.7. The average Bonchev–Trinajstić information content (AvgIpc) is 2.79. The minimum absolute atomic E-state index is 0.0272.